The van der Waals surface area contributed by atoms with Gasteiger partial charge in [-0.3, -0.25) is 4.79 Å². The van der Waals surface area contributed by atoms with E-state index in [-0.39, 0.29) is 11.9 Å². The minimum absolute atomic E-state index is 0.0165. The van der Waals surface area contributed by atoms with Gasteiger partial charge in [-0.15, -0.1) is 0 Å². The van der Waals surface area contributed by atoms with Crippen molar-refractivity contribution in [1.82, 2.24) is 5.32 Å². The molecule has 2 rings (SSSR count). The number of esters is 1. The molecule has 0 spiro atoms. The molecule has 0 radical (unpaired) electrons. The molecule has 0 heterocycles. The smallest absolute Gasteiger partial charge is 0.309 e. The van der Waals surface area contributed by atoms with Crippen LogP contribution >= 0.6 is 0 Å². The van der Waals surface area contributed by atoms with Crippen molar-refractivity contribution in [3.05, 3.63) is 0 Å². The average molecular weight is 295 g/mol. The lowest BCUT2D eigenvalue weighted by Gasteiger charge is -2.39. The van der Waals surface area contributed by atoms with Crippen LogP contribution in [0.3, 0.4) is 0 Å². The summed E-state index contributed by atoms with van der Waals surface area (Å²) in [6, 6.07) is 1.28. The molecule has 2 aliphatic carbocycles. The Morgan fingerprint density at radius 3 is 2.38 bits per heavy atom. The lowest BCUT2D eigenvalue weighted by molar-refractivity contribution is -0.151. The summed E-state index contributed by atoms with van der Waals surface area (Å²) in [6.07, 6.45) is 8.49. The van der Waals surface area contributed by atoms with E-state index in [1.165, 1.54) is 25.7 Å². The summed E-state index contributed by atoms with van der Waals surface area (Å²) in [5.74, 6) is 0.575. The van der Waals surface area contributed by atoms with E-state index in [9.17, 15) is 4.79 Å². The van der Waals surface area contributed by atoms with Crippen LogP contribution in [-0.2, 0) is 9.53 Å². The molecular weight excluding hydrogens is 262 g/mol. The number of carbonyl (C=O) groups is 1. The predicted molar refractivity (Wildman–Crippen MR) is 86.1 cm³/mol. The van der Waals surface area contributed by atoms with E-state index in [0.717, 1.165) is 19.3 Å². The predicted octanol–water partition coefficient (Wildman–Crippen LogP) is 3.91. The molecule has 1 N–H and O–H groups in total. The van der Waals surface area contributed by atoms with E-state index in [0.29, 0.717) is 30.0 Å². The molecule has 122 valence electrons. The molecule has 0 amide bonds. The van der Waals surface area contributed by atoms with Crippen molar-refractivity contribution in [3.8, 4) is 0 Å². The lowest BCUT2D eigenvalue weighted by Crippen LogP contribution is -2.45. The molecule has 21 heavy (non-hydrogen) atoms. The first-order chi connectivity index (χ1) is 9.91. The number of carbonyl (C=O) groups excluding carboxylic acids is 1. The molecule has 0 saturated heterocycles. The van der Waals surface area contributed by atoms with Gasteiger partial charge in [0.05, 0.1) is 12.5 Å². The van der Waals surface area contributed by atoms with E-state index in [1.54, 1.807) is 0 Å². The summed E-state index contributed by atoms with van der Waals surface area (Å²) >= 11 is 0. The Bertz CT molecular complexity index is 343. The Hall–Kier alpha value is -0.570. The van der Waals surface area contributed by atoms with Gasteiger partial charge in [-0.1, -0.05) is 20.8 Å². The van der Waals surface area contributed by atoms with E-state index in [2.05, 4.69) is 26.1 Å². The maximum Gasteiger partial charge on any atom is 0.309 e. The largest absolute Gasteiger partial charge is 0.466 e. The molecule has 3 nitrogen and oxygen atoms in total. The Labute approximate surface area is 130 Å². The second-order valence-corrected chi connectivity index (χ2v) is 7.95. The first kappa shape index (κ1) is 16.8. The summed E-state index contributed by atoms with van der Waals surface area (Å²) in [5, 5.41) is 3.87. The molecule has 3 heteroatoms. The lowest BCUT2D eigenvalue weighted by atomic mass is 9.74. The monoisotopic (exact) mass is 295 g/mol. The maximum atomic E-state index is 11.9. The van der Waals surface area contributed by atoms with Crippen molar-refractivity contribution in [2.75, 3.05) is 6.61 Å². The van der Waals surface area contributed by atoms with Gasteiger partial charge in [0.1, 0.15) is 0 Å². The maximum absolute atomic E-state index is 11.9. The van der Waals surface area contributed by atoms with Gasteiger partial charge in [0.15, 0.2) is 0 Å². The van der Waals surface area contributed by atoms with Gasteiger partial charge >= 0.3 is 5.97 Å². The highest BCUT2D eigenvalue weighted by atomic mass is 16.5. The van der Waals surface area contributed by atoms with Crippen LogP contribution in [0.1, 0.15) is 72.6 Å². The summed E-state index contributed by atoms with van der Waals surface area (Å²) in [6.45, 7) is 9.37. The van der Waals surface area contributed by atoms with Gasteiger partial charge in [-0.05, 0) is 63.2 Å². The number of hydrogen-bond acceptors (Lipinski definition) is 3. The Morgan fingerprint density at radius 2 is 1.81 bits per heavy atom. The Balaban J connectivity index is 1.76. The highest BCUT2D eigenvalue weighted by Gasteiger charge is 2.35. The second kappa shape index (κ2) is 7.13. The third-order valence-corrected chi connectivity index (χ3v) is 5.57. The summed E-state index contributed by atoms with van der Waals surface area (Å²) in [4.78, 5) is 11.9. The third-order valence-electron chi connectivity index (χ3n) is 5.57. The van der Waals surface area contributed by atoms with Crippen LogP contribution in [0.15, 0.2) is 0 Å². The van der Waals surface area contributed by atoms with Crippen LogP contribution in [0.4, 0.5) is 0 Å². The van der Waals surface area contributed by atoms with Crippen LogP contribution in [0.25, 0.3) is 0 Å². The van der Waals surface area contributed by atoms with E-state index in [1.807, 2.05) is 6.92 Å². The summed E-state index contributed by atoms with van der Waals surface area (Å²) < 4.78 is 5.20. The molecule has 2 fully saturated rings. The van der Waals surface area contributed by atoms with Crippen molar-refractivity contribution in [2.45, 2.75) is 84.7 Å². The molecule has 0 aromatic carbocycles. The van der Waals surface area contributed by atoms with Gasteiger partial charge in [0.25, 0.3) is 0 Å². The molecule has 0 bridgehead atoms. The van der Waals surface area contributed by atoms with Gasteiger partial charge in [-0.25, -0.2) is 0 Å². The van der Waals surface area contributed by atoms with Crippen LogP contribution in [0, 0.1) is 17.3 Å². The summed E-state index contributed by atoms with van der Waals surface area (Å²) in [5.41, 5.74) is 0.535. The van der Waals surface area contributed by atoms with E-state index < -0.39 is 0 Å². The SMILES string of the molecule is CCOC(=O)[C@@H]1CC[C@H](NC2CCC(C)(C)CC2)C[C@@H]1C. The fourth-order valence-electron chi connectivity index (χ4n) is 4.05. The third kappa shape index (κ3) is 4.70. The van der Waals surface area contributed by atoms with Crippen molar-refractivity contribution in [3.63, 3.8) is 0 Å². The van der Waals surface area contributed by atoms with Crippen LogP contribution in [0.5, 0.6) is 0 Å². The summed E-state index contributed by atoms with van der Waals surface area (Å²) in [7, 11) is 0. The minimum Gasteiger partial charge on any atom is -0.466 e. The number of hydrogen-bond donors (Lipinski definition) is 1. The van der Waals surface area contributed by atoms with Crippen LogP contribution in [0.2, 0.25) is 0 Å². The molecule has 2 saturated carbocycles. The molecule has 2 aliphatic rings. The first-order valence-electron chi connectivity index (χ1n) is 8.84. The number of ether oxygens (including phenoxy) is 1. The molecule has 0 aliphatic heterocycles. The normalized spacial score (nSPS) is 33.6. The highest BCUT2D eigenvalue weighted by Crippen LogP contribution is 2.36. The fraction of sp³-hybridized carbons (Fsp3) is 0.944. The van der Waals surface area contributed by atoms with Crippen molar-refractivity contribution < 1.29 is 9.53 Å². The molecule has 0 unspecified atom stereocenters. The van der Waals surface area contributed by atoms with E-state index in [4.69, 9.17) is 4.74 Å². The second-order valence-electron chi connectivity index (χ2n) is 7.95. The van der Waals surface area contributed by atoms with Gasteiger partial charge in [0.2, 0.25) is 0 Å². The van der Waals surface area contributed by atoms with Crippen molar-refractivity contribution in [2.24, 2.45) is 17.3 Å². The van der Waals surface area contributed by atoms with Gasteiger partial charge in [0, 0.05) is 12.1 Å². The average Bonchev–Trinajstić information content (AvgIpc) is 2.41. The minimum atomic E-state index is 0.0165. The van der Waals surface area contributed by atoms with Crippen LogP contribution < -0.4 is 5.32 Å². The zero-order chi connectivity index (χ0) is 15.5. The van der Waals surface area contributed by atoms with Crippen molar-refractivity contribution in [1.29, 1.82) is 0 Å². The molecule has 0 aromatic rings. The topological polar surface area (TPSA) is 38.3 Å². The first-order valence-corrected chi connectivity index (χ1v) is 8.84. The zero-order valence-corrected chi connectivity index (χ0v) is 14.3. The highest BCUT2D eigenvalue weighted by molar-refractivity contribution is 5.72. The molecule has 3 atom stereocenters. The number of rotatable bonds is 4. The molecule has 0 aromatic heterocycles. The number of nitrogens with one attached hydrogen (secondary N) is 1. The van der Waals surface area contributed by atoms with Gasteiger partial charge < -0.3 is 10.1 Å². The van der Waals surface area contributed by atoms with Gasteiger partial charge in [-0.2, -0.15) is 0 Å². The quantitative estimate of drug-likeness (QED) is 0.799. The molecular formula is C18H33NO2. The Kier molecular flexibility index (Phi) is 5.70. The fourth-order valence-corrected chi connectivity index (χ4v) is 4.05. The van der Waals surface area contributed by atoms with E-state index >= 15 is 0 Å². The van der Waals surface area contributed by atoms with Crippen LogP contribution in [-0.4, -0.2) is 24.7 Å². The standard InChI is InChI=1S/C18H33NO2/c1-5-21-17(20)16-7-6-15(12-13(16)2)19-14-8-10-18(3,4)11-9-14/h13-16,19H,5-12H2,1-4H3/t13-,15-,16+/m0/s1. The van der Waals surface area contributed by atoms with Crippen molar-refractivity contribution >= 4 is 5.97 Å². The Morgan fingerprint density at radius 1 is 1.14 bits per heavy atom. The zero-order valence-electron chi connectivity index (χ0n) is 14.3.